The molecule has 1 heteroatoms. The SMILES string of the molecule is B=C[C@@H](C)C1CCCC2CCCC2CC1. The van der Waals surface area contributed by atoms with E-state index in [1.165, 1.54) is 51.4 Å². The van der Waals surface area contributed by atoms with Crippen molar-refractivity contribution < 1.29 is 0 Å². The summed E-state index contributed by atoms with van der Waals surface area (Å²) in [5.41, 5.74) is 0. The number of hydrogen-bond acceptors (Lipinski definition) is 0. The van der Waals surface area contributed by atoms with E-state index >= 15 is 0 Å². The van der Waals surface area contributed by atoms with Gasteiger partial charge in [0.2, 0.25) is 0 Å². The molecule has 0 amide bonds. The molecular weight excluding hydrogens is 179 g/mol. The molecule has 0 nitrogen and oxygen atoms in total. The molecular formula is C14H25B. The summed E-state index contributed by atoms with van der Waals surface area (Å²) in [6.07, 6.45) is 12.0. The zero-order chi connectivity index (χ0) is 10.7. The Hall–Kier alpha value is -0.0651. The van der Waals surface area contributed by atoms with Gasteiger partial charge in [0.25, 0.3) is 0 Å². The average molecular weight is 204 g/mol. The van der Waals surface area contributed by atoms with E-state index in [0.717, 1.165) is 23.7 Å². The van der Waals surface area contributed by atoms with Gasteiger partial charge < -0.3 is 0 Å². The van der Waals surface area contributed by atoms with Crippen LogP contribution in [0.15, 0.2) is 0 Å². The Morgan fingerprint density at radius 2 is 1.53 bits per heavy atom. The van der Waals surface area contributed by atoms with E-state index in [1.54, 1.807) is 0 Å². The molecule has 3 unspecified atom stereocenters. The van der Waals surface area contributed by atoms with Crippen LogP contribution in [0.3, 0.4) is 0 Å². The monoisotopic (exact) mass is 204 g/mol. The number of hydrogen-bond donors (Lipinski definition) is 0. The molecule has 4 atom stereocenters. The van der Waals surface area contributed by atoms with Crippen LogP contribution in [0, 0.1) is 23.7 Å². The van der Waals surface area contributed by atoms with E-state index in [0.29, 0.717) is 0 Å². The molecule has 2 saturated carbocycles. The van der Waals surface area contributed by atoms with E-state index in [2.05, 4.69) is 20.4 Å². The fourth-order valence-corrected chi connectivity index (χ4v) is 3.81. The zero-order valence-corrected chi connectivity index (χ0v) is 10.3. The van der Waals surface area contributed by atoms with Crippen molar-refractivity contribution in [2.24, 2.45) is 23.7 Å². The summed E-state index contributed by atoms with van der Waals surface area (Å²) in [6.45, 7) is 2.35. The maximum absolute atomic E-state index is 3.96. The average Bonchev–Trinajstić information content (AvgIpc) is 2.64. The Morgan fingerprint density at radius 1 is 0.933 bits per heavy atom. The van der Waals surface area contributed by atoms with Crippen molar-refractivity contribution in [1.29, 1.82) is 0 Å². The minimum atomic E-state index is 0.739. The Balaban J connectivity index is 1.90. The number of fused-ring (bicyclic) bond motifs is 1. The van der Waals surface area contributed by atoms with Crippen molar-refractivity contribution in [3.05, 3.63) is 0 Å². The van der Waals surface area contributed by atoms with E-state index in [4.69, 9.17) is 0 Å². The Kier molecular flexibility index (Phi) is 4.05. The summed E-state index contributed by atoms with van der Waals surface area (Å²) in [4.78, 5) is 0. The van der Waals surface area contributed by atoms with Crippen LogP contribution in [0.2, 0.25) is 0 Å². The van der Waals surface area contributed by atoms with Gasteiger partial charge in [0.1, 0.15) is 0 Å². The first-order valence-electron chi connectivity index (χ1n) is 6.94. The molecule has 0 aliphatic heterocycles. The van der Waals surface area contributed by atoms with Crippen LogP contribution in [0.4, 0.5) is 0 Å². The van der Waals surface area contributed by atoms with Crippen LogP contribution >= 0.6 is 0 Å². The van der Waals surface area contributed by atoms with E-state index < -0.39 is 0 Å². The Bertz CT molecular complexity index is 211. The van der Waals surface area contributed by atoms with Gasteiger partial charge in [-0.2, -0.15) is 0 Å². The topological polar surface area (TPSA) is 0 Å². The van der Waals surface area contributed by atoms with Crippen LogP contribution < -0.4 is 0 Å². The summed E-state index contributed by atoms with van der Waals surface area (Å²) >= 11 is 0. The van der Waals surface area contributed by atoms with Crippen molar-refractivity contribution >= 4 is 13.5 Å². The fraction of sp³-hybridized carbons (Fsp3) is 0.929. The third-order valence-electron chi connectivity index (χ3n) is 4.99. The molecule has 0 aromatic carbocycles. The molecule has 15 heavy (non-hydrogen) atoms. The van der Waals surface area contributed by atoms with E-state index in [-0.39, 0.29) is 0 Å². The van der Waals surface area contributed by atoms with Gasteiger partial charge in [0.05, 0.1) is 0 Å². The molecule has 0 heterocycles. The van der Waals surface area contributed by atoms with Crippen molar-refractivity contribution in [2.45, 2.75) is 58.3 Å². The van der Waals surface area contributed by atoms with Gasteiger partial charge in [-0.1, -0.05) is 0 Å². The summed E-state index contributed by atoms with van der Waals surface area (Å²) in [5, 5.41) is 0. The summed E-state index contributed by atoms with van der Waals surface area (Å²) in [5.74, 6) is 6.03. The van der Waals surface area contributed by atoms with E-state index in [1.807, 2.05) is 0 Å². The molecule has 2 aliphatic rings. The van der Waals surface area contributed by atoms with Gasteiger partial charge in [-0.05, 0) is 0 Å². The molecule has 0 N–H and O–H groups in total. The van der Waals surface area contributed by atoms with Gasteiger partial charge in [0.15, 0.2) is 0 Å². The van der Waals surface area contributed by atoms with Gasteiger partial charge >= 0.3 is 95.4 Å². The van der Waals surface area contributed by atoms with Crippen LogP contribution in [0.25, 0.3) is 0 Å². The standard InChI is InChI=1S/C14H25B/c1-11(10-15)12-4-2-5-13-6-3-7-14(13)9-8-12/h10-15H,2-9H2,1H3/t11-,12?,13?,14?/m1/s1. The third kappa shape index (κ3) is 2.74. The zero-order valence-electron chi connectivity index (χ0n) is 10.3. The molecule has 0 aromatic rings. The Labute approximate surface area is 95.9 Å². The second-order valence-corrected chi connectivity index (χ2v) is 5.81. The van der Waals surface area contributed by atoms with Crippen molar-refractivity contribution in [2.75, 3.05) is 0 Å². The molecule has 0 bridgehead atoms. The van der Waals surface area contributed by atoms with Crippen LogP contribution in [0.1, 0.15) is 58.3 Å². The van der Waals surface area contributed by atoms with Gasteiger partial charge in [-0.15, -0.1) is 0 Å². The second-order valence-electron chi connectivity index (χ2n) is 5.81. The first-order chi connectivity index (χ1) is 7.31. The van der Waals surface area contributed by atoms with Gasteiger partial charge in [0, 0.05) is 0 Å². The molecule has 84 valence electrons. The molecule has 2 aliphatic carbocycles. The molecule has 0 aromatic heterocycles. The first kappa shape index (κ1) is 11.4. The maximum atomic E-state index is 3.96. The van der Waals surface area contributed by atoms with Crippen molar-refractivity contribution in [3.63, 3.8) is 0 Å². The summed E-state index contributed by atoms with van der Waals surface area (Å²) in [6, 6.07) is 0. The van der Waals surface area contributed by atoms with Crippen LogP contribution in [0.5, 0.6) is 0 Å². The van der Waals surface area contributed by atoms with Gasteiger partial charge in [-0.3, -0.25) is 0 Å². The summed E-state index contributed by atoms with van der Waals surface area (Å²) in [7, 11) is 3.96. The van der Waals surface area contributed by atoms with Crippen molar-refractivity contribution in [1.82, 2.24) is 0 Å². The second kappa shape index (κ2) is 5.32. The molecule has 2 rings (SSSR count). The molecule has 2 fully saturated rings. The molecule has 0 radical (unpaired) electrons. The van der Waals surface area contributed by atoms with Crippen molar-refractivity contribution in [3.8, 4) is 0 Å². The first-order valence-corrected chi connectivity index (χ1v) is 6.94. The minimum absolute atomic E-state index is 0.739. The van der Waals surface area contributed by atoms with Crippen LogP contribution in [-0.4, -0.2) is 13.5 Å². The van der Waals surface area contributed by atoms with Crippen LogP contribution in [-0.2, 0) is 0 Å². The predicted octanol–water partition coefficient (Wildman–Crippen LogP) is 3.32. The third-order valence-corrected chi connectivity index (χ3v) is 4.99. The Morgan fingerprint density at radius 3 is 2.20 bits per heavy atom. The van der Waals surface area contributed by atoms with E-state index in [9.17, 15) is 0 Å². The normalized spacial score (nSPS) is 38.8. The predicted molar refractivity (Wildman–Crippen MR) is 69.8 cm³/mol. The molecule has 0 saturated heterocycles. The number of rotatable bonds is 2. The summed E-state index contributed by atoms with van der Waals surface area (Å²) < 4.78 is 0. The quantitative estimate of drug-likeness (QED) is 0.605. The fourth-order valence-electron chi connectivity index (χ4n) is 3.81. The van der Waals surface area contributed by atoms with Gasteiger partial charge in [-0.25, -0.2) is 0 Å². The molecule has 0 spiro atoms.